The van der Waals surface area contributed by atoms with E-state index in [0.717, 1.165) is 18.4 Å². The van der Waals surface area contributed by atoms with E-state index < -0.39 is 17.9 Å². The van der Waals surface area contributed by atoms with E-state index >= 15 is 0 Å². The number of amides is 2. The van der Waals surface area contributed by atoms with Crippen molar-refractivity contribution >= 4 is 23.5 Å². The second-order valence-electron chi connectivity index (χ2n) is 7.56. The molecule has 0 aliphatic heterocycles. The average Bonchev–Trinajstić information content (AvgIpc) is 2.77. The molecule has 8 heteroatoms. The van der Waals surface area contributed by atoms with Crippen molar-refractivity contribution in [2.24, 2.45) is 5.92 Å². The molecule has 1 aliphatic carbocycles. The Bertz CT molecular complexity index is 806. The Kier molecular flexibility index (Phi) is 10.5. The lowest BCUT2D eigenvalue weighted by atomic mass is 9.92. The monoisotopic (exact) mass is 429 g/mol. The Balaban J connectivity index is 1.80. The van der Waals surface area contributed by atoms with Gasteiger partial charge in [-0.1, -0.05) is 55.3 Å². The number of allylic oxidation sites excluding steroid dienone is 3. The summed E-state index contributed by atoms with van der Waals surface area (Å²) >= 11 is 0. The zero-order valence-corrected chi connectivity index (χ0v) is 17.5. The van der Waals surface area contributed by atoms with Crippen molar-refractivity contribution in [3.63, 3.8) is 0 Å². The number of aliphatic carboxylic acids is 1. The van der Waals surface area contributed by atoms with Crippen molar-refractivity contribution in [1.82, 2.24) is 10.8 Å². The van der Waals surface area contributed by atoms with Crippen LogP contribution in [0.5, 0.6) is 0 Å². The standard InChI is InChI=1S/C23H31N3O5/c27-20(14-6-1-2-7-15-21(28)26-31)25-19-13-9-8-12-18(19)16-24-22(23(29)30)17-10-4-3-5-11-17/h3-5,8-10,12-13,17,22,24,31H,1-2,6-7,11,14-16H2,(H,25,27)(H,26,28)(H,29,30)/t17?,22-/m0/s1. The molecule has 2 amide bonds. The Morgan fingerprint density at radius 2 is 1.71 bits per heavy atom. The first kappa shape index (κ1) is 24.3. The largest absolute Gasteiger partial charge is 0.480 e. The third kappa shape index (κ3) is 8.74. The predicted molar refractivity (Wildman–Crippen MR) is 117 cm³/mol. The highest BCUT2D eigenvalue weighted by molar-refractivity contribution is 5.91. The molecule has 2 rings (SSSR count). The van der Waals surface area contributed by atoms with Crippen LogP contribution in [-0.2, 0) is 20.9 Å². The molecular weight excluding hydrogens is 398 g/mol. The number of anilines is 1. The van der Waals surface area contributed by atoms with E-state index in [9.17, 15) is 19.5 Å². The number of para-hydroxylation sites is 1. The number of carboxylic acid groups (broad SMARTS) is 1. The molecule has 0 heterocycles. The molecule has 0 spiro atoms. The van der Waals surface area contributed by atoms with Gasteiger partial charge in [-0.3, -0.25) is 24.9 Å². The van der Waals surface area contributed by atoms with Gasteiger partial charge in [0.25, 0.3) is 0 Å². The van der Waals surface area contributed by atoms with Crippen LogP contribution < -0.4 is 16.1 Å². The van der Waals surface area contributed by atoms with E-state index in [1.807, 2.05) is 42.5 Å². The number of hydrogen-bond acceptors (Lipinski definition) is 5. The summed E-state index contributed by atoms with van der Waals surface area (Å²) in [6.45, 7) is 0.328. The maximum atomic E-state index is 12.3. The van der Waals surface area contributed by atoms with Crippen molar-refractivity contribution in [1.29, 1.82) is 0 Å². The topological polar surface area (TPSA) is 128 Å². The molecule has 2 atom stereocenters. The molecule has 31 heavy (non-hydrogen) atoms. The number of carbonyl (C=O) groups is 3. The van der Waals surface area contributed by atoms with Crippen LogP contribution in [0, 0.1) is 5.92 Å². The molecule has 1 aliphatic rings. The molecule has 0 radical (unpaired) electrons. The van der Waals surface area contributed by atoms with Crippen molar-refractivity contribution in [3.8, 4) is 0 Å². The van der Waals surface area contributed by atoms with Gasteiger partial charge in [-0.25, -0.2) is 5.48 Å². The normalized spacial score (nSPS) is 16.0. The fourth-order valence-corrected chi connectivity index (χ4v) is 3.48. The predicted octanol–water partition coefficient (Wildman–Crippen LogP) is 3.15. The number of benzene rings is 1. The number of carboxylic acids is 1. The minimum Gasteiger partial charge on any atom is -0.480 e. The number of hydrogen-bond donors (Lipinski definition) is 5. The SMILES string of the molecule is O=C(CCCCCCC(=O)Nc1ccccc1CN[C@H](C(=O)O)C1C=CC=CC1)NO. The van der Waals surface area contributed by atoms with Gasteiger partial charge in [0.15, 0.2) is 0 Å². The number of rotatable bonds is 13. The molecule has 0 saturated carbocycles. The maximum Gasteiger partial charge on any atom is 0.321 e. The van der Waals surface area contributed by atoms with Crippen LogP contribution in [0.2, 0.25) is 0 Å². The van der Waals surface area contributed by atoms with Crippen LogP contribution in [0.25, 0.3) is 0 Å². The van der Waals surface area contributed by atoms with Crippen LogP contribution in [0.3, 0.4) is 0 Å². The first-order chi connectivity index (χ1) is 15.0. The molecule has 8 nitrogen and oxygen atoms in total. The Labute approximate surface area is 182 Å². The minimum absolute atomic E-state index is 0.101. The van der Waals surface area contributed by atoms with Gasteiger partial charge in [0.2, 0.25) is 11.8 Å². The van der Waals surface area contributed by atoms with Gasteiger partial charge in [-0.05, 0) is 30.9 Å². The molecule has 0 fully saturated rings. The van der Waals surface area contributed by atoms with Crippen LogP contribution >= 0.6 is 0 Å². The lowest BCUT2D eigenvalue weighted by molar-refractivity contribution is -0.140. The van der Waals surface area contributed by atoms with Gasteiger partial charge in [0.05, 0.1) is 0 Å². The molecule has 1 unspecified atom stereocenters. The Hall–Kier alpha value is -2.97. The summed E-state index contributed by atoms with van der Waals surface area (Å²) in [5.74, 6) is -1.52. The average molecular weight is 430 g/mol. The Morgan fingerprint density at radius 1 is 1.00 bits per heavy atom. The highest BCUT2D eigenvalue weighted by atomic mass is 16.5. The van der Waals surface area contributed by atoms with Gasteiger partial charge in [-0.15, -0.1) is 0 Å². The second-order valence-corrected chi connectivity index (χ2v) is 7.56. The highest BCUT2D eigenvalue weighted by Crippen LogP contribution is 2.20. The molecule has 1 aromatic rings. The molecule has 5 N–H and O–H groups in total. The summed E-state index contributed by atoms with van der Waals surface area (Å²) < 4.78 is 0. The second kappa shape index (κ2) is 13.4. The van der Waals surface area contributed by atoms with Gasteiger partial charge < -0.3 is 10.4 Å². The lowest BCUT2D eigenvalue weighted by Gasteiger charge is -2.23. The third-order valence-corrected chi connectivity index (χ3v) is 5.19. The van der Waals surface area contributed by atoms with Crippen LogP contribution in [0.15, 0.2) is 48.6 Å². The summed E-state index contributed by atoms with van der Waals surface area (Å²) in [6.07, 6.45) is 11.9. The maximum absolute atomic E-state index is 12.3. The van der Waals surface area contributed by atoms with E-state index in [1.165, 1.54) is 0 Å². The van der Waals surface area contributed by atoms with Crippen molar-refractivity contribution in [3.05, 3.63) is 54.1 Å². The fourth-order valence-electron chi connectivity index (χ4n) is 3.48. The number of carbonyl (C=O) groups excluding carboxylic acids is 2. The summed E-state index contributed by atoms with van der Waals surface area (Å²) in [5.41, 5.74) is 3.10. The molecule has 168 valence electrons. The number of hydroxylamine groups is 1. The zero-order chi connectivity index (χ0) is 22.5. The number of nitrogens with one attached hydrogen (secondary N) is 3. The lowest BCUT2D eigenvalue weighted by Crippen LogP contribution is -2.42. The summed E-state index contributed by atoms with van der Waals surface area (Å²) in [7, 11) is 0. The molecular formula is C23H31N3O5. The van der Waals surface area contributed by atoms with Crippen molar-refractivity contribution < 1.29 is 24.7 Å². The van der Waals surface area contributed by atoms with E-state index in [4.69, 9.17) is 5.21 Å². The third-order valence-electron chi connectivity index (χ3n) is 5.19. The smallest absolute Gasteiger partial charge is 0.321 e. The Morgan fingerprint density at radius 3 is 2.35 bits per heavy atom. The van der Waals surface area contributed by atoms with Crippen LogP contribution in [0.4, 0.5) is 5.69 Å². The van der Waals surface area contributed by atoms with Gasteiger partial charge in [-0.2, -0.15) is 0 Å². The van der Waals surface area contributed by atoms with E-state index in [-0.39, 0.29) is 18.2 Å². The first-order valence-electron chi connectivity index (χ1n) is 10.6. The molecule has 1 aromatic carbocycles. The van der Waals surface area contributed by atoms with E-state index in [2.05, 4.69) is 10.6 Å². The van der Waals surface area contributed by atoms with E-state index in [1.54, 1.807) is 11.5 Å². The molecule has 0 saturated heterocycles. The van der Waals surface area contributed by atoms with Crippen LogP contribution in [0.1, 0.15) is 50.5 Å². The van der Waals surface area contributed by atoms with Gasteiger partial charge in [0, 0.05) is 31.0 Å². The summed E-state index contributed by atoms with van der Waals surface area (Å²) in [5, 5.41) is 24.1. The van der Waals surface area contributed by atoms with Crippen molar-refractivity contribution in [2.75, 3.05) is 5.32 Å². The highest BCUT2D eigenvalue weighted by Gasteiger charge is 2.25. The zero-order valence-electron chi connectivity index (χ0n) is 17.5. The van der Waals surface area contributed by atoms with Gasteiger partial charge >= 0.3 is 5.97 Å². The summed E-state index contributed by atoms with van der Waals surface area (Å²) in [6, 6.07) is 6.65. The van der Waals surface area contributed by atoms with Crippen molar-refractivity contribution in [2.45, 2.75) is 57.5 Å². The van der Waals surface area contributed by atoms with Crippen LogP contribution in [-0.4, -0.2) is 34.1 Å². The minimum atomic E-state index is -0.900. The first-order valence-corrected chi connectivity index (χ1v) is 10.6. The van der Waals surface area contributed by atoms with E-state index in [0.29, 0.717) is 37.9 Å². The quantitative estimate of drug-likeness (QED) is 0.186. The fraction of sp³-hybridized carbons (Fsp3) is 0.435. The molecule has 0 bridgehead atoms. The summed E-state index contributed by atoms with van der Waals surface area (Å²) in [4.78, 5) is 35.0. The van der Waals surface area contributed by atoms with Gasteiger partial charge in [0.1, 0.15) is 6.04 Å². The number of unbranched alkanes of at least 4 members (excludes halogenated alkanes) is 3. The molecule has 0 aromatic heterocycles.